The Morgan fingerprint density at radius 3 is 2.43 bits per heavy atom. The highest BCUT2D eigenvalue weighted by atomic mass is 16.1. The molecule has 0 amide bonds. The van der Waals surface area contributed by atoms with Gasteiger partial charge in [-0.05, 0) is 24.3 Å². The van der Waals surface area contributed by atoms with Gasteiger partial charge in [-0.3, -0.25) is 9.59 Å². The highest BCUT2D eigenvalue weighted by molar-refractivity contribution is 5.87. The second-order valence-electron chi connectivity index (χ2n) is 3.42. The van der Waals surface area contributed by atoms with Crippen LogP contribution in [0.2, 0.25) is 0 Å². The Balaban J connectivity index is 2.16. The van der Waals surface area contributed by atoms with Crippen molar-refractivity contribution in [3.8, 4) is 0 Å². The van der Waals surface area contributed by atoms with Crippen molar-refractivity contribution in [2.45, 2.75) is 6.42 Å². The van der Waals surface area contributed by atoms with E-state index in [2.05, 4.69) is 0 Å². The van der Waals surface area contributed by atoms with E-state index in [9.17, 15) is 9.59 Å². The van der Waals surface area contributed by atoms with Crippen LogP contribution in [0.5, 0.6) is 0 Å². The molecule has 1 saturated heterocycles. The third-order valence-electron chi connectivity index (χ3n) is 2.42. The Hall–Kier alpha value is -1.64. The first-order valence-corrected chi connectivity index (χ1v) is 4.61. The molecule has 0 radical (unpaired) electrons. The Morgan fingerprint density at radius 2 is 1.93 bits per heavy atom. The van der Waals surface area contributed by atoms with E-state index in [1.54, 1.807) is 12.1 Å². The van der Waals surface area contributed by atoms with Gasteiger partial charge in [-0.2, -0.15) is 0 Å². The van der Waals surface area contributed by atoms with Gasteiger partial charge in [-0.1, -0.05) is 0 Å². The quantitative estimate of drug-likeness (QED) is 0.657. The minimum absolute atomic E-state index is 0.282. The number of ketones is 1. The van der Waals surface area contributed by atoms with Gasteiger partial charge in [0.1, 0.15) is 6.29 Å². The van der Waals surface area contributed by atoms with Gasteiger partial charge in [-0.15, -0.1) is 0 Å². The molecule has 0 unspecified atom stereocenters. The first kappa shape index (κ1) is 8.94. The second-order valence-corrected chi connectivity index (χ2v) is 3.42. The molecule has 0 saturated carbocycles. The molecule has 14 heavy (non-hydrogen) atoms. The third-order valence-corrected chi connectivity index (χ3v) is 2.42. The van der Waals surface area contributed by atoms with E-state index in [4.69, 9.17) is 0 Å². The summed E-state index contributed by atoms with van der Waals surface area (Å²) in [5.41, 5.74) is 1.68. The predicted molar refractivity (Wildman–Crippen MR) is 53.7 cm³/mol. The summed E-state index contributed by atoms with van der Waals surface area (Å²) >= 11 is 0. The van der Waals surface area contributed by atoms with Crippen LogP contribution in [-0.2, 0) is 4.79 Å². The molecule has 1 aliphatic rings. The van der Waals surface area contributed by atoms with Gasteiger partial charge in [0.15, 0.2) is 5.78 Å². The van der Waals surface area contributed by atoms with Crippen molar-refractivity contribution in [2.24, 2.45) is 0 Å². The number of hydrogen-bond acceptors (Lipinski definition) is 3. The topological polar surface area (TPSA) is 37.4 Å². The molecule has 0 bridgehead atoms. The molecular weight excluding hydrogens is 178 g/mol. The lowest BCUT2D eigenvalue weighted by Gasteiger charge is -2.16. The van der Waals surface area contributed by atoms with Crippen LogP contribution in [0.15, 0.2) is 24.3 Å². The maximum Gasteiger partial charge on any atom is 0.153 e. The first-order chi connectivity index (χ1) is 6.79. The number of Topliss-reactive ketones (excluding diaryl/α,β-unsaturated/α-hetero) is 1. The third kappa shape index (κ3) is 1.66. The van der Waals surface area contributed by atoms with E-state index in [1.807, 2.05) is 17.0 Å². The van der Waals surface area contributed by atoms with E-state index in [0.29, 0.717) is 18.5 Å². The van der Waals surface area contributed by atoms with Gasteiger partial charge in [0.05, 0.1) is 6.54 Å². The molecule has 0 spiro atoms. The Labute approximate surface area is 82.3 Å². The number of rotatable bonds is 2. The van der Waals surface area contributed by atoms with E-state index < -0.39 is 0 Å². The van der Waals surface area contributed by atoms with E-state index in [1.165, 1.54) is 0 Å². The lowest BCUT2D eigenvalue weighted by Crippen LogP contribution is -2.19. The average Bonchev–Trinajstić information content (AvgIpc) is 2.65. The molecule has 1 aromatic rings. The monoisotopic (exact) mass is 189 g/mol. The zero-order valence-corrected chi connectivity index (χ0v) is 7.77. The van der Waals surface area contributed by atoms with Crippen molar-refractivity contribution in [3.63, 3.8) is 0 Å². The van der Waals surface area contributed by atoms with Gasteiger partial charge in [0, 0.05) is 24.2 Å². The highest BCUT2D eigenvalue weighted by Gasteiger charge is 2.18. The number of aldehydes is 1. The van der Waals surface area contributed by atoms with Crippen molar-refractivity contribution in [2.75, 3.05) is 18.0 Å². The molecular formula is C11H11NO2. The van der Waals surface area contributed by atoms with E-state index in [-0.39, 0.29) is 5.78 Å². The lowest BCUT2D eigenvalue weighted by molar-refractivity contribution is -0.116. The second kappa shape index (κ2) is 3.62. The Bertz CT molecular complexity index is 356. The van der Waals surface area contributed by atoms with Crippen molar-refractivity contribution >= 4 is 17.8 Å². The molecule has 1 aromatic carbocycles. The largest absolute Gasteiger partial charge is 0.364 e. The average molecular weight is 189 g/mol. The van der Waals surface area contributed by atoms with Crippen molar-refractivity contribution in [3.05, 3.63) is 29.8 Å². The predicted octanol–water partition coefficient (Wildman–Crippen LogP) is 1.28. The van der Waals surface area contributed by atoms with E-state index >= 15 is 0 Å². The molecule has 3 heteroatoms. The molecule has 3 nitrogen and oxygen atoms in total. The zero-order chi connectivity index (χ0) is 9.97. The summed E-state index contributed by atoms with van der Waals surface area (Å²) in [4.78, 5) is 23.5. The first-order valence-electron chi connectivity index (χ1n) is 4.61. The number of nitrogens with zero attached hydrogens (tertiary/aromatic N) is 1. The van der Waals surface area contributed by atoms with Crippen molar-refractivity contribution in [1.82, 2.24) is 0 Å². The highest BCUT2D eigenvalue weighted by Crippen LogP contribution is 2.18. The molecule has 0 atom stereocenters. The molecule has 1 aliphatic heterocycles. The smallest absolute Gasteiger partial charge is 0.153 e. The van der Waals surface area contributed by atoms with Gasteiger partial charge < -0.3 is 4.90 Å². The fourth-order valence-electron chi connectivity index (χ4n) is 1.61. The zero-order valence-electron chi connectivity index (χ0n) is 7.77. The SMILES string of the molecule is O=Cc1ccc(N2CCC(=O)C2)cc1. The fourth-order valence-corrected chi connectivity index (χ4v) is 1.61. The summed E-state index contributed by atoms with van der Waals surface area (Å²) in [5, 5.41) is 0. The Kier molecular flexibility index (Phi) is 2.31. The number of carbonyl (C=O) groups is 2. The molecule has 0 N–H and O–H groups in total. The molecule has 1 heterocycles. The standard InChI is InChI=1S/C11H11NO2/c13-8-9-1-3-10(4-2-9)12-6-5-11(14)7-12/h1-4,8H,5-7H2. The summed E-state index contributed by atoms with van der Waals surface area (Å²) in [6.07, 6.45) is 1.45. The summed E-state index contributed by atoms with van der Waals surface area (Å²) in [7, 11) is 0. The summed E-state index contributed by atoms with van der Waals surface area (Å²) < 4.78 is 0. The van der Waals surface area contributed by atoms with Crippen LogP contribution in [0, 0.1) is 0 Å². The van der Waals surface area contributed by atoms with Crippen molar-refractivity contribution in [1.29, 1.82) is 0 Å². The van der Waals surface area contributed by atoms with Crippen LogP contribution < -0.4 is 4.90 Å². The molecule has 0 aromatic heterocycles. The molecule has 1 fully saturated rings. The lowest BCUT2D eigenvalue weighted by atomic mass is 10.2. The van der Waals surface area contributed by atoms with Gasteiger partial charge in [-0.25, -0.2) is 0 Å². The van der Waals surface area contributed by atoms with Crippen LogP contribution in [0.4, 0.5) is 5.69 Å². The maximum absolute atomic E-state index is 11.1. The van der Waals surface area contributed by atoms with Crippen LogP contribution in [0.1, 0.15) is 16.8 Å². The van der Waals surface area contributed by atoms with Gasteiger partial charge >= 0.3 is 0 Å². The van der Waals surface area contributed by atoms with Crippen LogP contribution in [-0.4, -0.2) is 25.2 Å². The molecule has 72 valence electrons. The number of benzene rings is 1. The minimum Gasteiger partial charge on any atom is -0.364 e. The Morgan fingerprint density at radius 1 is 1.21 bits per heavy atom. The van der Waals surface area contributed by atoms with Gasteiger partial charge in [0.25, 0.3) is 0 Å². The molecule has 2 rings (SSSR count). The number of carbonyl (C=O) groups excluding carboxylic acids is 2. The van der Waals surface area contributed by atoms with E-state index in [0.717, 1.165) is 18.5 Å². The fraction of sp³-hybridized carbons (Fsp3) is 0.273. The summed E-state index contributed by atoms with van der Waals surface area (Å²) in [6.45, 7) is 1.29. The number of hydrogen-bond donors (Lipinski definition) is 0. The van der Waals surface area contributed by atoms with Crippen LogP contribution in [0.3, 0.4) is 0 Å². The van der Waals surface area contributed by atoms with Crippen molar-refractivity contribution < 1.29 is 9.59 Å². The van der Waals surface area contributed by atoms with Gasteiger partial charge in [0.2, 0.25) is 0 Å². The normalized spacial score (nSPS) is 16.0. The summed E-state index contributed by atoms with van der Waals surface area (Å²) in [6, 6.07) is 7.29. The molecule has 0 aliphatic carbocycles. The minimum atomic E-state index is 0.282. The van der Waals surface area contributed by atoms with Crippen LogP contribution >= 0.6 is 0 Å². The number of anilines is 1. The summed E-state index contributed by atoms with van der Waals surface area (Å²) in [5.74, 6) is 0.282. The van der Waals surface area contributed by atoms with Crippen LogP contribution in [0.25, 0.3) is 0 Å². The maximum atomic E-state index is 11.1.